The molecule has 2 aliphatic rings. The highest BCUT2D eigenvalue weighted by Gasteiger charge is 2.32. The second-order valence-electron chi connectivity index (χ2n) is 8.23. The van der Waals surface area contributed by atoms with Gasteiger partial charge in [-0.3, -0.25) is 0 Å². The summed E-state index contributed by atoms with van der Waals surface area (Å²) in [7, 11) is 0. The average Bonchev–Trinajstić information content (AvgIpc) is 3.41. The molecule has 0 spiro atoms. The first-order valence-corrected chi connectivity index (χ1v) is 11.2. The van der Waals surface area contributed by atoms with E-state index in [-0.39, 0.29) is 35.3 Å². The Hall–Kier alpha value is -3.51. The highest BCUT2D eigenvalue weighted by Crippen LogP contribution is 2.44. The van der Waals surface area contributed by atoms with Gasteiger partial charge in [-0.1, -0.05) is 60.1 Å². The third kappa shape index (κ3) is 4.14. The van der Waals surface area contributed by atoms with Crippen LogP contribution in [0.15, 0.2) is 66.7 Å². The first kappa shape index (κ1) is 21.3. The number of carbonyl (C=O) groups excluding carboxylic acids is 1. The van der Waals surface area contributed by atoms with Gasteiger partial charge in [0.05, 0.1) is 17.1 Å². The molecule has 1 atom stereocenters. The van der Waals surface area contributed by atoms with E-state index in [1.54, 1.807) is 11.0 Å². The lowest BCUT2D eigenvalue weighted by atomic mass is 9.98. The third-order valence-corrected chi connectivity index (χ3v) is 6.54. The van der Waals surface area contributed by atoms with E-state index in [9.17, 15) is 14.7 Å². The SMILES string of the molecule is O=C(O)c1cc(OC2CCN(C(=O)OCC3c4ccccc4-c4ccccc43)C2)ccc1Cl. The van der Waals surface area contributed by atoms with Crippen molar-refractivity contribution in [3.63, 3.8) is 0 Å². The Bertz CT molecular complexity index is 1180. The molecular formula is C26H22ClNO5. The largest absolute Gasteiger partial charge is 0.488 e. The zero-order valence-corrected chi connectivity index (χ0v) is 18.5. The number of hydrogen-bond acceptors (Lipinski definition) is 4. The quantitative estimate of drug-likeness (QED) is 0.545. The number of carbonyl (C=O) groups is 2. The second-order valence-corrected chi connectivity index (χ2v) is 8.63. The van der Waals surface area contributed by atoms with E-state index in [1.165, 1.54) is 34.4 Å². The molecule has 6 nitrogen and oxygen atoms in total. The van der Waals surface area contributed by atoms with E-state index < -0.39 is 5.97 Å². The number of carboxylic acids is 1. The van der Waals surface area contributed by atoms with Gasteiger partial charge in [-0.2, -0.15) is 0 Å². The number of amides is 1. The number of benzene rings is 3. The van der Waals surface area contributed by atoms with Crippen molar-refractivity contribution in [3.05, 3.63) is 88.4 Å². The molecule has 0 aromatic heterocycles. The molecule has 7 heteroatoms. The van der Waals surface area contributed by atoms with Crippen LogP contribution in [0.1, 0.15) is 33.8 Å². The minimum atomic E-state index is -1.11. The Kier molecular flexibility index (Phi) is 5.68. The molecule has 1 N–H and O–H groups in total. The molecule has 33 heavy (non-hydrogen) atoms. The van der Waals surface area contributed by atoms with E-state index in [4.69, 9.17) is 21.1 Å². The monoisotopic (exact) mass is 463 g/mol. The minimum Gasteiger partial charge on any atom is -0.488 e. The fraction of sp³-hybridized carbons (Fsp3) is 0.231. The molecule has 1 unspecified atom stereocenters. The van der Waals surface area contributed by atoms with Crippen LogP contribution in [0.5, 0.6) is 5.75 Å². The molecule has 1 aliphatic carbocycles. The predicted octanol–water partition coefficient (Wildman–Crippen LogP) is 5.44. The Morgan fingerprint density at radius 2 is 1.67 bits per heavy atom. The summed E-state index contributed by atoms with van der Waals surface area (Å²) in [4.78, 5) is 25.7. The van der Waals surface area contributed by atoms with Crippen LogP contribution in [0.2, 0.25) is 5.02 Å². The van der Waals surface area contributed by atoms with Crippen molar-refractivity contribution in [1.29, 1.82) is 0 Å². The number of fused-ring (bicyclic) bond motifs is 3. The number of ether oxygens (including phenoxy) is 2. The molecule has 1 fully saturated rings. The highest BCUT2D eigenvalue weighted by atomic mass is 35.5. The molecule has 0 radical (unpaired) electrons. The zero-order valence-electron chi connectivity index (χ0n) is 17.7. The van der Waals surface area contributed by atoms with Gasteiger partial charge in [0, 0.05) is 18.9 Å². The maximum absolute atomic E-state index is 12.8. The molecule has 168 valence electrons. The zero-order chi connectivity index (χ0) is 22.9. The molecule has 0 bridgehead atoms. The summed E-state index contributed by atoms with van der Waals surface area (Å²) in [5.74, 6) is -0.687. The smallest absolute Gasteiger partial charge is 0.409 e. The predicted molar refractivity (Wildman–Crippen MR) is 124 cm³/mol. The maximum atomic E-state index is 12.8. The molecule has 1 aliphatic heterocycles. The summed E-state index contributed by atoms with van der Waals surface area (Å²) in [6.45, 7) is 1.16. The fourth-order valence-electron chi connectivity index (χ4n) is 4.61. The number of carboxylic acid groups (broad SMARTS) is 1. The topological polar surface area (TPSA) is 76.1 Å². The second kappa shape index (κ2) is 8.79. The fourth-order valence-corrected chi connectivity index (χ4v) is 4.81. The summed E-state index contributed by atoms with van der Waals surface area (Å²) < 4.78 is 11.6. The summed E-state index contributed by atoms with van der Waals surface area (Å²) in [5, 5.41) is 9.38. The Balaban J connectivity index is 1.21. The third-order valence-electron chi connectivity index (χ3n) is 6.21. The van der Waals surface area contributed by atoms with E-state index in [0.29, 0.717) is 25.3 Å². The van der Waals surface area contributed by atoms with Crippen LogP contribution in [0, 0.1) is 0 Å². The first-order valence-electron chi connectivity index (χ1n) is 10.8. The Morgan fingerprint density at radius 3 is 2.33 bits per heavy atom. The molecule has 0 saturated carbocycles. The Morgan fingerprint density at radius 1 is 1.00 bits per heavy atom. The van der Waals surface area contributed by atoms with Gasteiger partial charge in [-0.25, -0.2) is 9.59 Å². The maximum Gasteiger partial charge on any atom is 0.409 e. The molecule has 1 saturated heterocycles. The molecule has 3 aromatic rings. The standard InChI is InChI=1S/C26H22ClNO5/c27-24-10-9-16(13-22(24)25(29)30)33-17-11-12-28(14-17)26(31)32-15-23-20-7-3-1-5-18(20)19-6-2-4-8-21(19)23/h1-10,13,17,23H,11-12,14-15H2,(H,29,30). The lowest BCUT2D eigenvalue weighted by Crippen LogP contribution is -2.32. The van der Waals surface area contributed by atoms with E-state index in [0.717, 1.165) is 0 Å². The van der Waals surface area contributed by atoms with Crippen molar-refractivity contribution in [2.75, 3.05) is 19.7 Å². The van der Waals surface area contributed by atoms with Crippen molar-refractivity contribution >= 4 is 23.7 Å². The van der Waals surface area contributed by atoms with Crippen LogP contribution in [0.4, 0.5) is 4.79 Å². The Labute approximate surface area is 196 Å². The van der Waals surface area contributed by atoms with Gasteiger partial charge in [0.2, 0.25) is 0 Å². The number of rotatable bonds is 5. The van der Waals surface area contributed by atoms with Crippen molar-refractivity contribution in [2.45, 2.75) is 18.4 Å². The lowest BCUT2D eigenvalue weighted by Gasteiger charge is -2.19. The van der Waals surface area contributed by atoms with E-state index >= 15 is 0 Å². The van der Waals surface area contributed by atoms with Crippen molar-refractivity contribution in [1.82, 2.24) is 4.90 Å². The van der Waals surface area contributed by atoms with Gasteiger partial charge in [-0.05, 0) is 40.5 Å². The van der Waals surface area contributed by atoms with Crippen molar-refractivity contribution in [3.8, 4) is 16.9 Å². The lowest BCUT2D eigenvalue weighted by molar-refractivity contribution is 0.0696. The summed E-state index contributed by atoms with van der Waals surface area (Å²) in [6, 6.07) is 21.0. The van der Waals surface area contributed by atoms with Crippen LogP contribution in [0.3, 0.4) is 0 Å². The molecule has 5 rings (SSSR count). The minimum absolute atomic E-state index is 0.0134. The van der Waals surface area contributed by atoms with Gasteiger partial charge in [0.15, 0.2) is 0 Å². The van der Waals surface area contributed by atoms with Gasteiger partial charge in [0.25, 0.3) is 0 Å². The number of halogens is 1. The van der Waals surface area contributed by atoms with Gasteiger partial charge >= 0.3 is 12.1 Å². The molecule has 3 aromatic carbocycles. The molecule has 1 amide bonds. The summed E-state index contributed by atoms with van der Waals surface area (Å²) >= 11 is 5.92. The van der Waals surface area contributed by atoms with E-state index in [2.05, 4.69) is 24.3 Å². The van der Waals surface area contributed by atoms with Crippen molar-refractivity contribution < 1.29 is 24.2 Å². The number of nitrogens with zero attached hydrogens (tertiary/aromatic N) is 1. The van der Waals surface area contributed by atoms with Crippen LogP contribution in [0.25, 0.3) is 11.1 Å². The average molecular weight is 464 g/mol. The normalized spacial score (nSPS) is 16.9. The number of likely N-dealkylation sites (tertiary alicyclic amines) is 1. The van der Waals surface area contributed by atoms with Crippen LogP contribution in [-0.4, -0.2) is 47.9 Å². The molecule has 1 heterocycles. The van der Waals surface area contributed by atoms with Gasteiger partial charge < -0.3 is 19.5 Å². The van der Waals surface area contributed by atoms with Gasteiger partial charge in [0.1, 0.15) is 18.5 Å². The van der Waals surface area contributed by atoms with Crippen molar-refractivity contribution in [2.24, 2.45) is 0 Å². The number of aromatic carboxylic acids is 1. The first-order chi connectivity index (χ1) is 16.0. The summed E-state index contributed by atoms with van der Waals surface area (Å²) in [5.41, 5.74) is 4.71. The molecular weight excluding hydrogens is 442 g/mol. The van der Waals surface area contributed by atoms with Gasteiger partial charge in [-0.15, -0.1) is 0 Å². The highest BCUT2D eigenvalue weighted by molar-refractivity contribution is 6.33. The van der Waals surface area contributed by atoms with Crippen LogP contribution in [-0.2, 0) is 4.74 Å². The summed E-state index contributed by atoms with van der Waals surface area (Å²) in [6.07, 6.45) is 0.0217. The van der Waals surface area contributed by atoms with Crippen LogP contribution >= 0.6 is 11.6 Å². The van der Waals surface area contributed by atoms with E-state index in [1.807, 2.05) is 24.3 Å². The number of hydrogen-bond donors (Lipinski definition) is 1. The van der Waals surface area contributed by atoms with Crippen LogP contribution < -0.4 is 4.74 Å².